The summed E-state index contributed by atoms with van der Waals surface area (Å²) in [4.78, 5) is 11.0. The summed E-state index contributed by atoms with van der Waals surface area (Å²) in [6, 6.07) is 0. The number of ether oxygens (including phenoxy) is 1. The Kier molecular flexibility index (Phi) is 2.93. The lowest BCUT2D eigenvalue weighted by molar-refractivity contribution is 0.122. The number of nitrogens with zero attached hydrogens (tertiary/aromatic N) is 4. The van der Waals surface area contributed by atoms with Crippen molar-refractivity contribution in [2.75, 3.05) is 31.2 Å². The molecule has 0 aromatic carbocycles. The zero-order valence-corrected chi connectivity index (χ0v) is 10.0. The number of anilines is 1. The van der Waals surface area contributed by atoms with Gasteiger partial charge in [-0.3, -0.25) is 0 Å². The van der Waals surface area contributed by atoms with Crippen LogP contribution in [0.25, 0.3) is 5.65 Å². The van der Waals surface area contributed by atoms with E-state index in [0.717, 1.165) is 30.2 Å². The van der Waals surface area contributed by atoms with Crippen molar-refractivity contribution in [3.63, 3.8) is 0 Å². The van der Waals surface area contributed by atoms with Gasteiger partial charge in [-0.1, -0.05) is 0 Å². The van der Waals surface area contributed by atoms with Gasteiger partial charge in [-0.2, -0.15) is 0 Å². The first-order valence-corrected chi connectivity index (χ1v) is 5.95. The average molecular weight is 243 g/mol. The van der Waals surface area contributed by atoms with Crippen LogP contribution in [0.5, 0.6) is 0 Å². The van der Waals surface area contributed by atoms with Crippen LogP contribution in [0.2, 0.25) is 0 Å². The van der Waals surface area contributed by atoms with E-state index in [0.29, 0.717) is 25.4 Å². The molecule has 0 spiro atoms. The van der Waals surface area contributed by atoms with E-state index in [1.807, 2.05) is 10.6 Å². The average Bonchev–Trinajstić information content (AvgIpc) is 2.81. The molecule has 2 N–H and O–H groups in total. The first-order chi connectivity index (χ1) is 8.78. The number of hydrogen-bond acceptors (Lipinski definition) is 5. The Hall–Kier alpha value is -1.60. The predicted molar refractivity (Wildman–Crippen MR) is 69.3 cm³/mol. The van der Waals surface area contributed by atoms with Crippen molar-refractivity contribution in [1.29, 1.82) is 0 Å². The van der Waals surface area contributed by atoms with Crippen LogP contribution in [-0.4, -0.2) is 48.5 Å². The number of fused-ring (bicyclic) bond motifs is 1. The summed E-state index contributed by atoms with van der Waals surface area (Å²) < 4.78 is 7.23. The van der Waals surface area contributed by atoms with Crippen molar-refractivity contribution in [3.05, 3.63) is 18.1 Å². The zero-order valence-electron chi connectivity index (χ0n) is 10.0. The molecule has 1 aliphatic heterocycles. The van der Waals surface area contributed by atoms with Crippen LogP contribution in [0.15, 0.2) is 12.4 Å². The fourth-order valence-corrected chi connectivity index (χ4v) is 2.14. The first-order valence-electron chi connectivity index (χ1n) is 5.95. The number of hydrogen-bond donors (Lipinski definition) is 1. The molecule has 2 radical (unpaired) electrons. The molecule has 0 unspecified atom stereocenters. The third-order valence-corrected chi connectivity index (χ3v) is 3.01. The highest BCUT2D eigenvalue weighted by Crippen LogP contribution is 2.18. The largest absolute Gasteiger partial charge is 0.378 e. The third kappa shape index (κ3) is 1.95. The molecule has 6 nitrogen and oxygen atoms in total. The monoisotopic (exact) mass is 243 g/mol. The zero-order chi connectivity index (χ0) is 12.5. The van der Waals surface area contributed by atoms with E-state index in [9.17, 15) is 0 Å². The van der Waals surface area contributed by atoms with Gasteiger partial charge in [0.05, 0.1) is 18.9 Å². The number of aromatic nitrogens is 3. The molecule has 1 saturated heterocycles. The van der Waals surface area contributed by atoms with Crippen LogP contribution in [0.1, 0.15) is 5.69 Å². The van der Waals surface area contributed by atoms with Crippen molar-refractivity contribution in [2.45, 2.75) is 6.54 Å². The van der Waals surface area contributed by atoms with Crippen LogP contribution >= 0.6 is 0 Å². The molecule has 18 heavy (non-hydrogen) atoms. The molecule has 3 rings (SSSR count). The second kappa shape index (κ2) is 4.58. The van der Waals surface area contributed by atoms with Gasteiger partial charge in [-0.25, -0.2) is 9.97 Å². The topological polar surface area (TPSA) is 68.7 Å². The Bertz CT molecular complexity index is 564. The highest BCUT2D eigenvalue weighted by molar-refractivity contribution is 6.30. The van der Waals surface area contributed by atoms with E-state index < -0.39 is 0 Å². The Morgan fingerprint density at radius 3 is 2.78 bits per heavy atom. The molecule has 1 aliphatic rings. The summed E-state index contributed by atoms with van der Waals surface area (Å²) in [6.07, 6.45) is 3.64. The highest BCUT2D eigenvalue weighted by atomic mass is 16.5. The minimum absolute atomic E-state index is 0.407. The van der Waals surface area contributed by atoms with Crippen molar-refractivity contribution >= 4 is 24.9 Å². The summed E-state index contributed by atoms with van der Waals surface area (Å²) in [5.74, 6) is 0.804. The Balaban J connectivity index is 2.10. The van der Waals surface area contributed by atoms with Gasteiger partial charge < -0.3 is 19.8 Å². The lowest BCUT2D eigenvalue weighted by atomic mass is 10.1. The molecule has 0 amide bonds. The standard InChI is InChI=1S/C11H14BN5O/c12-9-7-17-6-8(5-13)14-10(17)11(15-9)16-1-3-18-4-2-16/h6-7H,1-5,13H2. The lowest BCUT2D eigenvalue weighted by Crippen LogP contribution is -2.38. The maximum Gasteiger partial charge on any atom is 0.180 e. The molecule has 2 aromatic heterocycles. The van der Waals surface area contributed by atoms with E-state index in [2.05, 4.69) is 14.9 Å². The Morgan fingerprint density at radius 1 is 1.28 bits per heavy atom. The molecule has 92 valence electrons. The summed E-state index contributed by atoms with van der Waals surface area (Å²) in [7, 11) is 5.83. The third-order valence-electron chi connectivity index (χ3n) is 3.01. The number of nitrogens with two attached hydrogens (primary N) is 1. The van der Waals surface area contributed by atoms with Gasteiger partial charge in [0.15, 0.2) is 11.5 Å². The van der Waals surface area contributed by atoms with Gasteiger partial charge in [0, 0.05) is 37.6 Å². The van der Waals surface area contributed by atoms with Crippen LogP contribution in [-0.2, 0) is 11.3 Å². The van der Waals surface area contributed by atoms with E-state index in [1.54, 1.807) is 6.20 Å². The Labute approximate surface area is 106 Å². The normalized spacial score (nSPS) is 16.4. The van der Waals surface area contributed by atoms with E-state index in [-0.39, 0.29) is 0 Å². The van der Waals surface area contributed by atoms with Crippen molar-refractivity contribution < 1.29 is 4.74 Å². The predicted octanol–water partition coefficient (Wildman–Crippen LogP) is -1.18. The van der Waals surface area contributed by atoms with E-state index >= 15 is 0 Å². The molecule has 2 aromatic rings. The fraction of sp³-hybridized carbons (Fsp3) is 0.455. The van der Waals surface area contributed by atoms with Gasteiger partial charge in [-0.05, 0) is 0 Å². The van der Waals surface area contributed by atoms with Gasteiger partial charge in [-0.15, -0.1) is 0 Å². The van der Waals surface area contributed by atoms with Gasteiger partial charge in [0.1, 0.15) is 7.85 Å². The van der Waals surface area contributed by atoms with Crippen molar-refractivity contribution in [3.8, 4) is 0 Å². The lowest BCUT2D eigenvalue weighted by Gasteiger charge is -2.28. The van der Waals surface area contributed by atoms with Crippen LogP contribution in [0.4, 0.5) is 5.82 Å². The molecule has 0 atom stereocenters. The van der Waals surface area contributed by atoms with Gasteiger partial charge in [0.2, 0.25) is 0 Å². The highest BCUT2D eigenvalue weighted by Gasteiger charge is 2.17. The van der Waals surface area contributed by atoms with Crippen molar-refractivity contribution in [2.24, 2.45) is 5.73 Å². The van der Waals surface area contributed by atoms with Crippen LogP contribution in [0, 0.1) is 0 Å². The van der Waals surface area contributed by atoms with E-state index in [4.69, 9.17) is 18.3 Å². The second-order valence-corrected chi connectivity index (χ2v) is 4.26. The van der Waals surface area contributed by atoms with E-state index in [1.165, 1.54) is 0 Å². The van der Waals surface area contributed by atoms with Gasteiger partial charge >= 0.3 is 0 Å². The molecule has 0 saturated carbocycles. The van der Waals surface area contributed by atoms with Crippen LogP contribution < -0.4 is 16.2 Å². The number of imidazole rings is 1. The quantitative estimate of drug-likeness (QED) is 0.672. The SMILES string of the molecule is [B]c1cn2cc(CN)nc2c(N2CCOCC2)n1. The molecule has 3 heterocycles. The summed E-state index contributed by atoms with van der Waals surface area (Å²) >= 11 is 0. The molecule has 0 aliphatic carbocycles. The smallest absolute Gasteiger partial charge is 0.180 e. The van der Waals surface area contributed by atoms with Crippen LogP contribution in [0.3, 0.4) is 0 Å². The maximum atomic E-state index is 5.83. The minimum Gasteiger partial charge on any atom is -0.378 e. The number of morpholine rings is 1. The Morgan fingerprint density at radius 2 is 2.06 bits per heavy atom. The molecular weight excluding hydrogens is 229 g/mol. The summed E-state index contributed by atoms with van der Waals surface area (Å²) in [5, 5.41) is 0. The maximum absolute atomic E-state index is 5.83. The minimum atomic E-state index is 0.407. The molecular formula is C11H14BN5O. The molecule has 0 bridgehead atoms. The second-order valence-electron chi connectivity index (χ2n) is 4.26. The summed E-state index contributed by atoms with van der Waals surface area (Å²) in [5.41, 5.74) is 7.72. The molecule has 1 fully saturated rings. The fourth-order valence-electron chi connectivity index (χ4n) is 2.14. The summed E-state index contributed by atoms with van der Waals surface area (Å²) in [6.45, 7) is 3.41. The number of rotatable bonds is 2. The van der Waals surface area contributed by atoms with Crippen molar-refractivity contribution in [1.82, 2.24) is 14.4 Å². The molecule has 7 heteroatoms. The first kappa shape index (κ1) is 11.5. The van der Waals surface area contributed by atoms with Gasteiger partial charge in [0.25, 0.3) is 0 Å².